The molecule has 12 heteroatoms. The third-order valence-corrected chi connectivity index (χ3v) is 9.14. The Morgan fingerprint density at radius 3 is 1.33 bits per heavy atom. The van der Waals surface area contributed by atoms with E-state index in [0.717, 1.165) is 5.75 Å². The van der Waals surface area contributed by atoms with Gasteiger partial charge in [0.05, 0.1) is 24.0 Å². The topological polar surface area (TPSA) is 112 Å². The maximum atomic E-state index is 12.2. The second kappa shape index (κ2) is 17.8. The molecule has 0 aromatic carbocycles. The predicted octanol–water partition coefficient (Wildman–Crippen LogP) is 6.57. The third kappa shape index (κ3) is 12.7. The molecular formula is C30H55IN2O8S. The van der Waals surface area contributed by atoms with Crippen LogP contribution in [0.3, 0.4) is 0 Å². The lowest BCUT2D eigenvalue weighted by Crippen LogP contribution is -2.49. The van der Waals surface area contributed by atoms with Gasteiger partial charge in [0, 0.05) is 36.4 Å². The highest BCUT2D eigenvalue weighted by Crippen LogP contribution is 2.37. The first-order valence-corrected chi connectivity index (χ1v) is 17.2. The van der Waals surface area contributed by atoms with E-state index in [1.54, 1.807) is 21.6 Å². The largest absolute Gasteiger partial charge is 0.466 e. The summed E-state index contributed by atoms with van der Waals surface area (Å²) < 4.78 is 21.8. The average Bonchev–Trinajstić information content (AvgIpc) is 2.88. The van der Waals surface area contributed by atoms with E-state index in [9.17, 15) is 19.2 Å². The molecule has 0 saturated carbocycles. The summed E-state index contributed by atoms with van der Waals surface area (Å²) >= 11 is 3.87. The number of alkyl halides is 1. The zero-order chi connectivity index (χ0) is 31.5. The van der Waals surface area contributed by atoms with Crippen LogP contribution in [-0.2, 0) is 28.5 Å². The zero-order valence-corrected chi connectivity index (χ0v) is 29.4. The number of carbonyl (C=O) groups excluding carboxylic acids is 4. The van der Waals surface area contributed by atoms with Crippen molar-refractivity contribution in [3.05, 3.63) is 0 Å². The van der Waals surface area contributed by atoms with Gasteiger partial charge >= 0.3 is 24.1 Å². The van der Waals surface area contributed by atoms with Crippen LogP contribution < -0.4 is 0 Å². The normalized spacial score (nSPS) is 18.0. The van der Waals surface area contributed by atoms with Crippen molar-refractivity contribution >= 4 is 58.5 Å². The number of ether oxygens (including phenoxy) is 4. The Kier molecular flexibility index (Phi) is 17.1. The monoisotopic (exact) mass is 730 g/mol. The van der Waals surface area contributed by atoms with Crippen molar-refractivity contribution < 1.29 is 38.1 Å². The third-order valence-electron chi connectivity index (χ3n) is 6.84. The summed E-state index contributed by atoms with van der Waals surface area (Å²) in [7, 11) is 0. The summed E-state index contributed by atoms with van der Waals surface area (Å²) in [5.74, 6) is 0.454. The first kappa shape index (κ1) is 40.6. The van der Waals surface area contributed by atoms with Gasteiger partial charge in [0.15, 0.2) is 0 Å². The predicted molar refractivity (Wildman–Crippen MR) is 176 cm³/mol. The molecule has 0 N–H and O–H groups in total. The SMILES string of the molecule is C.CCOC(=O)C1(CI)CCN(C(=O)OC(C)(C)C)CC1.CCOC(=O)C1(CSC)CCN(C(=O)OC(C)(C)C)CC1. The Morgan fingerprint density at radius 1 is 0.714 bits per heavy atom. The van der Waals surface area contributed by atoms with Gasteiger partial charge in [0.25, 0.3) is 0 Å². The Labute approximate surface area is 271 Å². The highest BCUT2D eigenvalue weighted by atomic mass is 127. The average molecular weight is 731 g/mol. The van der Waals surface area contributed by atoms with Crippen LogP contribution in [0.4, 0.5) is 9.59 Å². The van der Waals surface area contributed by atoms with E-state index >= 15 is 0 Å². The smallest absolute Gasteiger partial charge is 0.410 e. The molecule has 2 amide bonds. The number of nitrogens with zero attached hydrogens (tertiary/aromatic N) is 2. The van der Waals surface area contributed by atoms with Crippen LogP contribution >= 0.6 is 34.4 Å². The van der Waals surface area contributed by atoms with Crippen molar-refractivity contribution in [2.45, 2.75) is 99.7 Å². The maximum Gasteiger partial charge on any atom is 0.410 e. The maximum absolute atomic E-state index is 12.2. The van der Waals surface area contributed by atoms with Crippen LogP contribution in [-0.4, -0.2) is 101 Å². The van der Waals surface area contributed by atoms with Crippen molar-refractivity contribution in [1.82, 2.24) is 9.80 Å². The molecule has 0 aromatic rings. The van der Waals surface area contributed by atoms with E-state index in [4.69, 9.17) is 18.9 Å². The van der Waals surface area contributed by atoms with Gasteiger partial charge < -0.3 is 28.7 Å². The van der Waals surface area contributed by atoms with Crippen molar-refractivity contribution in [3.63, 3.8) is 0 Å². The zero-order valence-electron chi connectivity index (χ0n) is 26.4. The molecule has 0 aromatic heterocycles. The fourth-order valence-electron chi connectivity index (χ4n) is 4.53. The molecule has 2 heterocycles. The molecule has 2 rings (SSSR count). The Bertz CT molecular complexity index is 872. The minimum absolute atomic E-state index is 0. The molecule has 246 valence electrons. The molecule has 0 atom stereocenters. The highest BCUT2D eigenvalue weighted by Gasteiger charge is 2.44. The van der Waals surface area contributed by atoms with Gasteiger partial charge in [-0.15, -0.1) is 0 Å². The lowest BCUT2D eigenvalue weighted by atomic mass is 9.80. The number of rotatable bonds is 7. The second-order valence-corrected chi connectivity index (χ2v) is 14.1. The van der Waals surface area contributed by atoms with Crippen molar-refractivity contribution in [3.8, 4) is 0 Å². The van der Waals surface area contributed by atoms with Crippen LogP contribution in [0.2, 0.25) is 0 Å². The summed E-state index contributed by atoms with van der Waals surface area (Å²) in [6.45, 7) is 17.7. The number of halogens is 1. The quantitative estimate of drug-likeness (QED) is 0.124. The van der Waals surface area contributed by atoms with Gasteiger partial charge in [0.1, 0.15) is 11.2 Å². The molecule has 0 bridgehead atoms. The van der Waals surface area contributed by atoms with Crippen LogP contribution in [0.5, 0.6) is 0 Å². The van der Waals surface area contributed by atoms with Crippen LogP contribution in [0, 0.1) is 10.8 Å². The minimum atomic E-state index is -0.494. The number of hydrogen-bond donors (Lipinski definition) is 0. The van der Waals surface area contributed by atoms with E-state index in [0.29, 0.717) is 69.5 Å². The van der Waals surface area contributed by atoms with E-state index in [-0.39, 0.29) is 31.6 Å². The van der Waals surface area contributed by atoms with E-state index in [1.165, 1.54) is 0 Å². The number of likely N-dealkylation sites (tertiary alicyclic amines) is 2. The first-order chi connectivity index (χ1) is 19.0. The summed E-state index contributed by atoms with van der Waals surface area (Å²) in [5, 5.41) is 0. The fourth-order valence-corrected chi connectivity index (χ4v) is 6.57. The standard InChI is InChI=1S/C15H27NO4S.C14H24INO4.CH4/c1-6-19-12(17)15(11-21-5)7-9-16(10-8-15)13(18)20-14(2,3)4;1-5-19-11(17)14(10-15)6-8-16(9-7-14)12(18)20-13(2,3)4;/h6-11H2,1-5H3;5-10H2,1-4H3;1H4. The van der Waals surface area contributed by atoms with E-state index < -0.39 is 22.0 Å². The summed E-state index contributed by atoms with van der Waals surface area (Å²) in [4.78, 5) is 51.8. The molecule has 2 aliphatic heterocycles. The van der Waals surface area contributed by atoms with Gasteiger partial charge in [-0.25, -0.2) is 9.59 Å². The van der Waals surface area contributed by atoms with Crippen LogP contribution in [0.15, 0.2) is 0 Å². The van der Waals surface area contributed by atoms with Gasteiger partial charge in [0.2, 0.25) is 0 Å². The van der Waals surface area contributed by atoms with Gasteiger partial charge in [-0.3, -0.25) is 9.59 Å². The number of hydrogen-bond acceptors (Lipinski definition) is 9. The number of carbonyl (C=O) groups is 4. The summed E-state index contributed by atoms with van der Waals surface area (Å²) in [6.07, 6.45) is 3.91. The Morgan fingerprint density at radius 2 is 1.05 bits per heavy atom. The van der Waals surface area contributed by atoms with Gasteiger partial charge in [-0.1, -0.05) is 30.0 Å². The molecule has 2 aliphatic rings. The summed E-state index contributed by atoms with van der Waals surface area (Å²) in [6, 6.07) is 0. The van der Waals surface area contributed by atoms with E-state index in [1.807, 2.05) is 61.6 Å². The second-order valence-electron chi connectivity index (χ2n) is 12.5. The minimum Gasteiger partial charge on any atom is -0.466 e. The first-order valence-electron chi connectivity index (χ1n) is 14.3. The van der Waals surface area contributed by atoms with Crippen LogP contribution in [0.25, 0.3) is 0 Å². The molecule has 0 unspecified atom stereocenters. The molecule has 0 spiro atoms. The Balaban J connectivity index is 0.000000783. The molecule has 10 nitrogen and oxygen atoms in total. The van der Waals surface area contributed by atoms with Crippen molar-refractivity contribution in [2.75, 3.05) is 55.8 Å². The molecule has 2 fully saturated rings. The van der Waals surface area contributed by atoms with Gasteiger partial charge in [-0.05, 0) is 87.3 Å². The number of thioether (sulfide) groups is 1. The molecule has 2 saturated heterocycles. The summed E-state index contributed by atoms with van der Waals surface area (Å²) in [5.41, 5.74) is -1.90. The Hall–Kier alpha value is -1.44. The number of esters is 2. The fraction of sp³-hybridized carbons (Fsp3) is 0.867. The molecular weight excluding hydrogens is 675 g/mol. The number of amides is 2. The lowest BCUT2D eigenvalue weighted by Gasteiger charge is -2.39. The number of piperidine rings is 2. The van der Waals surface area contributed by atoms with E-state index in [2.05, 4.69) is 22.6 Å². The van der Waals surface area contributed by atoms with Crippen LogP contribution in [0.1, 0.15) is 88.5 Å². The molecule has 0 radical (unpaired) electrons. The highest BCUT2D eigenvalue weighted by molar-refractivity contribution is 14.1. The van der Waals surface area contributed by atoms with Gasteiger partial charge in [-0.2, -0.15) is 11.8 Å². The van der Waals surface area contributed by atoms with Crippen molar-refractivity contribution in [2.24, 2.45) is 10.8 Å². The molecule has 42 heavy (non-hydrogen) atoms. The van der Waals surface area contributed by atoms with Crippen molar-refractivity contribution in [1.29, 1.82) is 0 Å². The molecule has 0 aliphatic carbocycles. The lowest BCUT2D eigenvalue weighted by molar-refractivity contribution is -0.157.